The number of hydrogen-bond donors (Lipinski definition) is 0. The number of methoxy groups -OCH3 is 1. The summed E-state index contributed by atoms with van der Waals surface area (Å²) in [7, 11) is 1.32. The smallest absolute Gasteiger partial charge is 0.306 e. The Kier molecular flexibility index (Phi) is 10.6. The van der Waals surface area contributed by atoms with Gasteiger partial charge >= 0.3 is 23.9 Å². The van der Waals surface area contributed by atoms with Gasteiger partial charge in [-0.1, -0.05) is 27.7 Å². The van der Waals surface area contributed by atoms with Crippen LogP contribution in [0.1, 0.15) is 53.4 Å². The van der Waals surface area contributed by atoms with E-state index in [4.69, 9.17) is 28.4 Å². The second kappa shape index (κ2) is 12.4. The monoisotopic (exact) mass is 418 g/mol. The quantitative estimate of drug-likeness (QED) is 0.378. The fraction of sp³-hybridized carbons (Fsp3) is 0.789. The van der Waals surface area contributed by atoms with Crippen LogP contribution >= 0.6 is 0 Å². The van der Waals surface area contributed by atoms with Crippen molar-refractivity contribution >= 4 is 23.9 Å². The van der Waals surface area contributed by atoms with Crippen molar-refractivity contribution in [2.75, 3.05) is 13.7 Å². The largest absolute Gasteiger partial charge is 0.463 e. The Balaban J connectivity index is 3.25. The molecule has 0 bridgehead atoms. The summed E-state index contributed by atoms with van der Waals surface area (Å²) in [4.78, 5) is 47.5. The van der Waals surface area contributed by atoms with Gasteiger partial charge in [-0.05, 0) is 0 Å². The Labute approximate surface area is 170 Å². The van der Waals surface area contributed by atoms with Crippen molar-refractivity contribution in [3.8, 4) is 0 Å². The second-order valence-corrected chi connectivity index (χ2v) is 6.24. The van der Waals surface area contributed by atoms with Gasteiger partial charge in [-0.15, -0.1) is 0 Å². The normalized spacial score (nSPS) is 26.3. The molecule has 1 aliphatic rings. The molecule has 10 heteroatoms. The van der Waals surface area contributed by atoms with Crippen molar-refractivity contribution in [3.63, 3.8) is 0 Å². The van der Waals surface area contributed by atoms with Crippen molar-refractivity contribution in [2.24, 2.45) is 0 Å². The standard InChI is InChI=1S/C19H30O10/c1-6-12(20)25-10-11-16(27-13(21)7-2)17(28-14(22)8-3)18(19(24-5)26-11)29-15(23)9-4/h11,16-19H,6-10H2,1-5H3/t11-,16+,17+,18-,19+/m1/s1. The summed E-state index contributed by atoms with van der Waals surface area (Å²) in [6.07, 6.45) is -5.33. The van der Waals surface area contributed by atoms with Gasteiger partial charge in [-0.25, -0.2) is 0 Å². The van der Waals surface area contributed by atoms with E-state index in [0.717, 1.165) is 0 Å². The first-order valence-corrected chi connectivity index (χ1v) is 9.73. The first-order chi connectivity index (χ1) is 13.8. The lowest BCUT2D eigenvalue weighted by Crippen LogP contribution is -2.63. The number of hydrogen-bond acceptors (Lipinski definition) is 10. The molecule has 1 heterocycles. The van der Waals surface area contributed by atoms with Crippen molar-refractivity contribution < 1.29 is 47.6 Å². The van der Waals surface area contributed by atoms with Crippen molar-refractivity contribution in [1.82, 2.24) is 0 Å². The predicted octanol–water partition coefficient (Wildman–Crippen LogP) is 1.28. The predicted molar refractivity (Wildman–Crippen MR) is 97.4 cm³/mol. The van der Waals surface area contributed by atoms with Gasteiger partial charge in [0, 0.05) is 32.8 Å². The average molecular weight is 418 g/mol. The molecule has 0 aliphatic carbocycles. The molecular weight excluding hydrogens is 388 g/mol. The summed E-state index contributed by atoms with van der Waals surface area (Å²) < 4.78 is 32.4. The zero-order valence-electron chi connectivity index (χ0n) is 17.5. The maximum atomic E-state index is 12.0. The number of esters is 4. The fourth-order valence-corrected chi connectivity index (χ4v) is 2.59. The second-order valence-electron chi connectivity index (χ2n) is 6.24. The van der Waals surface area contributed by atoms with Gasteiger partial charge in [0.1, 0.15) is 12.7 Å². The van der Waals surface area contributed by atoms with Crippen LogP contribution in [-0.2, 0) is 47.6 Å². The Bertz CT molecular complexity index is 575. The molecule has 0 radical (unpaired) electrons. The van der Waals surface area contributed by atoms with Crippen molar-refractivity contribution in [2.45, 2.75) is 84.1 Å². The zero-order valence-corrected chi connectivity index (χ0v) is 17.5. The van der Waals surface area contributed by atoms with Crippen LogP contribution in [0.25, 0.3) is 0 Å². The van der Waals surface area contributed by atoms with Crippen LogP contribution < -0.4 is 0 Å². The van der Waals surface area contributed by atoms with Crippen LogP contribution in [0.3, 0.4) is 0 Å². The topological polar surface area (TPSA) is 124 Å². The molecular formula is C19H30O10. The lowest BCUT2D eigenvalue weighted by Gasteiger charge is -2.43. The van der Waals surface area contributed by atoms with Crippen LogP contribution in [-0.4, -0.2) is 68.3 Å². The molecule has 0 amide bonds. The molecule has 0 aromatic rings. The van der Waals surface area contributed by atoms with Gasteiger partial charge in [0.2, 0.25) is 0 Å². The van der Waals surface area contributed by atoms with E-state index in [9.17, 15) is 19.2 Å². The summed E-state index contributed by atoms with van der Waals surface area (Å²) in [6, 6.07) is 0. The minimum Gasteiger partial charge on any atom is -0.463 e. The van der Waals surface area contributed by atoms with E-state index < -0.39 is 54.6 Å². The Morgan fingerprint density at radius 3 is 1.59 bits per heavy atom. The van der Waals surface area contributed by atoms with Gasteiger partial charge in [-0.2, -0.15) is 0 Å². The minimum absolute atomic E-state index is 0.0490. The molecule has 0 aromatic carbocycles. The lowest BCUT2D eigenvalue weighted by molar-refractivity contribution is -0.303. The van der Waals surface area contributed by atoms with E-state index in [2.05, 4.69) is 0 Å². The number of carbonyl (C=O) groups excluding carboxylic acids is 4. The van der Waals surface area contributed by atoms with Gasteiger partial charge in [0.15, 0.2) is 24.6 Å². The number of ether oxygens (including phenoxy) is 6. The fourth-order valence-electron chi connectivity index (χ4n) is 2.59. The lowest BCUT2D eigenvalue weighted by atomic mass is 9.98. The highest BCUT2D eigenvalue weighted by Crippen LogP contribution is 2.30. The van der Waals surface area contributed by atoms with Gasteiger partial charge < -0.3 is 28.4 Å². The van der Waals surface area contributed by atoms with Crippen LogP contribution in [0, 0.1) is 0 Å². The summed E-state index contributed by atoms with van der Waals surface area (Å²) in [5, 5.41) is 0. The molecule has 0 spiro atoms. The van der Waals surface area contributed by atoms with E-state index in [1.165, 1.54) is 7.11 Å². The van der Waals surface area contributed by atoms with E-state index in [1.54, 1.807) is 27.7 Å². The summed E-state index contributed by atoms with van der Waals surface area (Å²) in [6.45, 7) is 6.15. The van der Waals surface area contributed by atoms with E-state index >= 15 is 0 Å². The zero-order chi connectivity index (χ0) is 22.0. The maximum Gasteiger partial charge on any atom is 0.306 e. The molecule has 1 aliphatic heterocycles. The van der Waals surface area contributed by atoms with E-state index in [-0.39, 0.29) is 32.3 Å². The third kappa shape index (κ3) is 7.28. The van der Waals surface area contributed by atoms with E-state index in [1.807, 2.05) is 0 Å². The van der Waals surface area contributed by atoms with Crippen LogP contribution in [0.4, 0.5) is 0 Å². The number of rotatable bonds is 10. The van der Waals surface area contributed by atoms with Crippen molar-refractivity contribution in [3.05, 3.63) is 0 Å². The molecule has 0 N–H and O–H groups in total. The summed E-state index contributed by atoms with van der Waals surface area (Å²) >= 11 is 0. The molecule has 1 rings (SSSR count). The van der Waals surface area contributed by atoms with Gasteiger partial charge in [-0.3, -0.25) is 19.2 Å². The van der Waals surface area contributed by atoms with Crippen LogP contribution in [0.15, 0.2) is 0 Å². The molecule has 0 saturated carbocycles. The summed E-state index contributed by atoms with van der Waals surface area (Å²) in [5.41, 5.74) is 0. The highest BCUT2D eigenvalue weighted by Gasteiger charge is 2.52. The number of carbonyl (C=O) groups is 4. The minimum atomic E-state index is -1.20. The van der Waals surface area contributed by atoms with E-state index in [0.29, 0.717) is 0 Å². The SMILES string of the molecule is CCC(=O)OC[C@H]1O[C@H](OC)[C@H](OC(=O)CC)[C@@H](OC(=O)CC)[C@H]1OC(=O)CC. The van der Waals surface area contributed by atoms with Crippen LogP contribution in [0.2, 0.25) is 0 Å². The molecule has 0 aromatic heterocycles. The average Bonchev–Trinajstić information content (AvgIpc) is 2.73. The molecule has 10 nitrogen and oxygen atoms in total. The Morgan fingerprint density at radius 2 is 1.14 bits per heavy atom. The molecule has 166 valence electrons. The van der Waals surface area contributed by atoms with Crippen molar-refractivity contribution in [1.29, 1.82) is 0 Å². The molecule has 1 saturated heterocycles. The third-order valence-electron chi connectivity index (χ3n) is 4.19. The maximum absolute atomic E-state index is 12.0. The molecule has 1 fully saturated rings. The molecule has 0 unspecified atom stereocenters. The first-order valence-electron chi connectivity index (χ1n) is 9.73. The van der Waals surface area contributed by atoms with Crippen LogP contribution in [0.5, 0.6) is 0 Å². The molecule has 29 heavy (non-hydrogen) atoms. The highest BCUT2D eigenvalue weighted by atomic mass is 16.7. The Morgan fingerprint density at radius 1 is 0.690 bits per heavy atom. The third-order valence-corrected chi connectivity index (χ3v) is 4.19. The van der Waals surface area contributed by atoms with Gasteiger partial charge in [0.25, 0.3) is 0 Å². The highest BCUT2D eigenvalue weighted by molar-refractivity contribution is 5.71. The van der Waals surface area contributed by atoms with Gasteiger partial charge in [0.05, 0.1) is 0 Å². The first kappa shape index (κ1) is 24.8. The summed E-state index contributed by atoms with van der Waals surface area (Å²) in [5.74, 6) is -2.23. The Hall–Kier alpha value is -2.20. The molecule has 5 atom stereocenters.